The summed E-state index contributed by atoms with van der Waals surface area (Å²) in [6.45, 7) is 2.86. The summed E-state index contributed by atoms with van der Waals surface area (Å²) < 4.78 is 1.72. The van der Waals surface area contributed by atoms with E-state index in [1.165, 1.54) is 0 Å². The fourth-order valence-corrected chi connectivity index (χ4v) is 3.05. The molecule has 0 radical (unpaired) electrons. The molecule has 1 amide bonds. The number of carbonyl (C=O) groups is 2. The maximum absolute atomic E-state index is 12.6. The largest absolute Gasteiger partial charge is 0.481 e. The molecule has 0 aliphatic carbocycles. The highest BCUT2D eigenvalue weighted by molar-refractivity contribution is 5.94. The van der Waals surface area contributed by atoms with Crippen LogP contribution in [-0.4, -0.2) is 44.3 Å². The van der Waals surface area contributed by atoms with Gasteiger partial charge in [0.25, 0.3) is 5.91 Å². The second kappa shape index (κ2) is 6.24. The molecule has 6 nitrogen and oxygen atoms in total. The standard InChI is InChI=1S/C17H19N3O3/c1-12-15(17(22)23)7-8-20(12)16(21)14-9-18-19(11-14)10-13-5-3-2-4-6-13/h2-6,9,11-12,15H,7-8,10H2,1H3,(H,22,23). The lowest BCUT2D eigenvalue weighted by molar-refractivity contribution is -0.142. The maximum Gasteiger partial charge on any atom is 0.308 e. The van der Waals surface area contributed by atoms with E-state index in [0.29, 0.717) is 25.1 Å². The van der Waals surface area contributed by atoms with Gasteiger partial charge in [-0.15, -0.1) is 0 Å². The number of carboxylic acids is 1. The van der Waals surface area contributed by atoms with Crippen LogP contribution in [0.15, 0.2) is 42.7 Å². The second-order valence-electron chi connectivity index (χ2n) is 5.88. The number of aliphatic carboxylic acids is 1. The van der Waals surface area contributed by atoms with Gasteiger partial charge < -0.3 is 10.0 Å². The van der Waals surface area contributed by atoms with Crippen molar-refractivity contribution < 1.29 is 14.7 Å². The summed E-state index contributed by atoms with van der Waals surface area (Å²) in [6.07, 6.45) is 3.77. The third-order valence-electron chi connectivity index (χ3n) is 4.40. The second-order valence-corrected chi connectivity index (χ2v) is 5.88. The van der Waals surface area contributed by atoms with E-state index >= 15 is 0 Å². The van der Waals surface area contributed by atoms with E-state index in [2.05, 4.69) is 5.10 Å². The molecule has 2 heterocycles. The predicted molar refractivity (Wildman–Crippen MR) is 84.0 cm³/mol. The number of rotatable bonds is 4. The van der Waals surface area contributed by atoms with Crippen molar-refractivity contribution in [1.29, 1.82) is 0 Å². The average Bonchev–Trinajstić information content (AvgIpc) is 3.14. The van der Waals surface area contributed by atoms with Crippen LogP contribution in [-0.2, 0) is 11.3 Å². The molecule has 2 atom stereocenters. The van der Waals surface area contributed by atoms with Crippen molar-refractivity contribution in [1.82, 2.24) is 14.7 Å². The van der Waals surface area contributed by atoms with Crippen molar-refractivity contribution in [2.24, 2.45) is 5.92 Å². The van der Waals surface area contributed by atoms with Crippen molar-refractivity contribution in [3.8, 4) is 0 Å². The Hall–Kier alpha value is -2.63. The first-order valence-electron chi connectivity index (χ1n) is 7.66. The van der Waals surface area contributed by atoms with E-state index in [1.807, 2.05) is 30.3 Å². The van der Waals surface area contributed by atoms with E-state index in [0.717, 1.165) is 5.56 Å². The number of carbonyl (C=O) groups excluding carboxylic acids is 1. The Balaban J connectivity index is 1.71. The van der Waals surface area contributed by atoms with Gasteiger partial charge in [0, 0.05) is 18.8 Å². The molecule has 3 rings (SSSR count). The van der Waals surface area contributed by atoms with Gasteiger partial charge in [0.1, 0.15) is 0 Å². The molecule has 1 saturated heterocycles. The lowest BCUT2D eigenvalue weighted by Crippen LogP contribution is -2.37. The zero-order valence-electron chi connectivity index (χ0n) is 12.9. The fourth-order valence-electron chi connectivity index (χ4n) is 3.05. The SMILES string of the molecule is CC1C(C(=O)O)CCN1C(=O)c1cnn(Cc2ccccc2)c1. The molecular formula is C17H19N3O3. The van der Waals surface area contributed by atoms with Crippen LogP contribution in [0.3, 0.4) is 0 Å². The van der Waals surface area contributed by atoms with Crippen molar-refractivity contribution in [2.45, 2.75) is 25.9 Å². The molecular weight excluding hydrogens is 294 g/mol. The van der Waals surface area contributed by atoms with Gasteiger partial charge in [0.05, 0.1) is 24.2 Å². The Morgan fingerprint density at radius 2 is 2.04 bits per heavy atom. The van der Waals surface area contributed by atoms with Crippen molar-refractivity contribution in [3.63, 3.8) is 0 Å². The number of nitrogens with zero attached hydrogens (tertiary/aromatic N) is 3. The molecule has 2 aromatic rings. The molecule has 6 heteroatoms. The van der Waals surface area contributed by atoms with Gasteiger partial charge in [-0.05, 0) is 18.9 Å². The van der Waals surface area contributed by atoms with Gasteiger partial charge in [-0.3, -0.25) is 14.3 Å². The molecule has 1 N–H and O–H groups in total. The Morgan fingerprint density at radius 1 is 1.30 bits per heavy atom. The minimum atomic E-state index is -0.840. The van der Waals surface area contributed by atoms with Gasteiger partial charge in [-0.1, -0.05) is 30.3 Å². The zero-order chi connectivity index (χ0) is 16.4. The van der Waals surface area contributed by atoms with E-state index in [-0.39, 0.29) is 11.9 Å². The molecule has 1 aromatic heterocycles. The topological polar surface area (TPSA) is 75.4 Å². The number of hydrogen-bond donors (Lipinski definition) is 1. The third kappa shape index (κ3) is 3.11. The van der Waals surface area contributed by atoms with E-state index in [1.54, 1.807) is 28.9 Å². The summed E-state index contributed by atoms with van der Waals surface area (Å²) in [6, 6.07) is 9.59. The predicted octanol–water partition coefficient (Wildman–Crippen LogP) is 1.87. The van der Waals surface area contributed by atoms with Crippen LogP contribution < -0.4 is 0 Å². The maximum atomic E-state index is 12.6. The Bertz CT molecular complexity index is 711. The van der Waals surface area contributed by atoms with Crippen LogP contribution >= 0.6 is 0 Å². The Labute approximate surface area is 134 Å². The quantitative estimate of drug-likeness (QED) is 0.935. The molecule has 1 aliphatic rings. The summed E-state index contributed by atoms with van der Waals surface area (Å²) in [5.74, 6) is -1.48. The molecule has 23 heavy (non-hydrogen) atoms. The number of carboxylic acid groups (broad SMARTS) is 1. The summed E-state index contributed by atoms with van der Waals surface area (Å²) in [5.41, 5.74) is 1.61. The highest BCUT2D eigenvalue weighted by Gasteiger charge is 2.38. The highest BCUT2D eigenvalue weighted by atomic mass is 16.4. The molecule has 0 bridgehead atoms. The number of benzene rings is 1. The Morgan fingerprint density at radius 3 is 2.70 bits per heavy atom. The molecule has 1 fully saturated rings. The molecule has 1 aromatic carbocycles. The highest BCUT2D eigenvalue weighted by Crippen LogP contribution is 2.26. The molecule has 2 unspecified atom stereocenters. The summed E-state index contributed by atoms with van der Waals surface area (Å²) >= 11 is 0. The third-order valence-corrected chi connectivity index (χ3v) is 4.40. The van der Waals surface area contributed by atoms with Crippen LogP contribution in [0.5, 0.6) is 0 Å². The first kappa shape index (κ1) is 15.3. The smallest absolute Gasteiger partial charge is 0.308 e. The van der Waals surface area contributed by atoms with E-state index in [4.69, 9.17) is 5.11 Å². The van der Waals surface area contributed by atoms with Crippen molar-refractivity contribution in [3.05, 3.63) is 53.9 Å². The van der Waals surface area contributed by atoms with Crippen molar-refractivity contribution in [2.75, 3.05) is 6.54 Å². The number of aromatic nitrogens is 2. The first-order chi connectivity index (χ1) is 11.1. The normalized spacial score (nSPS) is 20.7. The number of hydrogen-bond acceptors (Lipinski definition) is 3. The van der Waals surface area contributed by atoms with Crippen LogP contribution in [0.25, 0.3) is 0 Å². The molecule has 120 valence electrons. The minimum Gasteiger partial charge on any atom is -0.481 e. The number of likely N-dealkylation sites (tertiary alicyclic amines) is 1. The van der Waals surface area contributed by atoms with Crippen LogP contribution in [0, 0.1) is 5.92 Å². The van der Waals surface area contributed by atoms with E-state index < -0.39 is 11.9 Å². The lowest BCUT2D eigenvalue weighted by atomic mass is 10.0. The van der Waals surface area contributed by atoms with E-state index in [9.17, 15) is 9.59 Å². The molecule has 1 aliphatic heterocycles. The van der Waals surface area contributed by atoms with Crippen molar-refractivity contribution >= 4 is 11.9 Å². The monoisotopic (exact) mass is 313 g/mol. The van der Waals surface area contributed by atoms with Crippen LogP contribution in [0.1, 0.15) is 29.3 Å². The number of amides is 1. The van der Waals surface area contributed by atoms with Gasteiger partial charge in [0.15, 0.2) is 0 Å². The summed E-state index contributed by atoms with van der Waals surface area (Å²) in [5, 5.41) is 13.4. The lowest BCUT2D eigenvalue weighted by Gasteiger charge is -2.22. The summed E-state index contributed by atoms with van der Waals surface area (Å²) in [7, 11) is 0. The average molecular weight is 313 g/mol. The Kier molecular flexibility index (Phi) is 4.14. The van der Waals surface area contributed by atoms with Gasteiger partial charge in [-0.25, -0.2) is 0 Å². The van der Waals surface area contributed by atoms with Crippen LogP contribution in [0.4, 0.5) is 0 Å². The molecule has 0 spiro atoms. The van der Waals surface area contributed by atoms with Gasteiger partial charge in [-0.2, -0.15) is 5.10 Å². The summed E-state index contributed by atoms with van der Waals surface area (Å²) in [4.78, 5) is 25.4. The zero-order valence-corrected chi connectivity index (χ0v) is 12.9. The first-order valence-corrected chi connectivity index (χ1v) is 7.66. The minimum absolute atomic E-state index is 0.152. The van der Waals surface area contributed by atoms with Gasteiger partial charge >= 0.3 is 5.97 Å². The van der Waals surface area contributed by atoms with Gasteiger partial charge in [0.2, 0.25) is 0 Å². The fraction of sp³-hybridized carbons (Fsp3) is 0.353. The van der Waals surface area contributed by atoms with Crippen LogP contribution in [0.2, 0.25) is 0 Å². The molecule has 0 saturated carbocycles.